The number of nitrogens with zero attached hydrogens (tertiary/aromatic N) is 2. The summed E-state index contributed by atoms with van der Waals surface area (Å²) in [6.07, 6.45) is 0.380. The first-order valence-electron chi connectivity index (χ1n) is 6.37. The lowest BCUT2D eigenvalue weighted by molar-refractivity contribution is -0.696. The average molecular weight is 313 g/mol. The van der Waals surface area contributed by atoms with Gasteiger partial charge in [0.25, 0.3) is 0 Å². The Bertz CT molecular complexity index is 602. The highest BCUT2D eigenvalue weighted by atomic mass is 19.4. The lowest BCUT2D eigenvalue weighted by Gasteiger charge is -2.08. The van der Waals surface area contributed by atoms with E-state index in [9.17, 15) is 18.0 Å². The van der Waals surface area contributed by atoms with E-state index in [1.54, 1.807) is 36.0 Å². The van der Waals surface area contributed by atoms with Crippen LogP contribution in [0.15, 0.2) is 47.4 Å². The molecule has 0 fully saturated rings. The van der Waals surface area contributed by atoms with Gasteiger partial charge in [-0.25, -0.2) is 4.57 Å². The monoisotopic (exact) mass is 313 g/mol. The number of aromatic nitrogens is 1. The van der Waals surface area contributed by atoms with Crippen LogP contribution >= 0.6 is 0 Å². The van der Waals surface area contributed by atoms with Crippen LogP contribution in [0.2, 0.25) is 0 Å². The van der Waals surface area contributed by atoms with Crippen molar-refractivity contribution in [1.82, 2.24) is 0 Å². The summed E-state index contributed by atoms with van der Waals surface area (Å²) in [4.78, 5) is 13.6. The highest BCUT2D eigenvalue weighted by molar-refractivity contribution is 5.67. The SMILES string of the molecule is C=N/C=C(\C=C(/C)c1cc[n+](CCC(=O)O)cc1)C(F)(F)F. The van der Waals surface area contributed by atoms with Crippen molar-refractivity contribution >= 4 is 18.3 Å². The molecule has 0 radical (unpaired) electrons. The molecule has 0 aliphatic carbocycles. The van der Waals surface area contributed by atoms with Gasteiger partial charge in [0, 0.05) is 18.3 Å². The predicted octanol–water partition coefficient (Wildman–Crippen LogP) is 3.00. The van der Waals surface area contributed by atoms with Gasteiger partial charge in [-0.05, 0) is 30.9 Å². The molecule has 4 nitrogen and oxygen atoms in total. The Kier molecular flexibility index (Phi) is 6.03. The number of hydrogen-bond acceptors (Lipinski definition) is 2. The number of carbonyl (C=O) groups is 1. The van der Waals surface area contributed by atoms with Crippen molar-refractivity contribution in [3.8, 4) is 0 Å². The molecule has 1 rings (SSSR count). The molecule has 1 aromatic rings. The molecule has 22 heavy (non-hydrogen) atoms. The molecule has 7 heteroatoms. The summed E-state index contributed by atoms with van der Waals surface area (Å²) in [6.45, 7) is 4.89. The van der Waals surface area contributed by atoms with Gasteiger partial charge in [0.1, 0.15) is 6.42 Å². The second-order valence-electron chi connectivity index (χ2n) is 4.56. The molecule has 0 saturated heterocycles. The van der Waals surface area contributed by atoms with E-state index < -0.39 is 17.7 Å². The fourth-order valence-corrected chi connectivity index (χ4v) is 1.70. The van der Waals surface area contributed by atoms with Crippen LogP contribution in [0.25, 0.3) is 5.57 Å². The van der Waals surface area contributed by atoms with E-state index in [1.165, 1.54) is 0 Å². The summed E-state index contributed by atoms with van der Waals surface area (Å²) in [7, 11) is 0. The number of rotatable bonds is 6. The molecule has 118 valence electrons. The number of carboxylic acids is 1. The minimum atomic E-state index is -4.50. The molecule has 0 spiro atoms. The van der Waals surface area contributed by atoms with E-state index in [1.807, 2.05) is 0 Å². The first-order valence-corrected chi connectivity index (χ1v) is 6.37. The molecule has 0 aliphatic rings. The van der Waals surface area contributed by atoms with Crippen LogP contribution in [0.3, 0.4) is 0 Å². The number of hydrogen-bond donors (Lipinski definition) is 1. The number of aryl methyl sites for hydroxylation is 1. The number of pyridine rings is 1. The van der Waals surface area contributed by atoms with Crippen molar-refractivity contribution in [1.29, 1.82) is 0 Å². The van der Waals surface area contributed by atoms with Gasteiger partial charge in [-0.1, -0.05) is 0 Å². The number of aliphatic carboxylic acids is 1. The van der Waals surface area contributed by atoms with Crippen molar-refractivity contribution in [2.45, 2.75) is 26.1 Å². The highest BCUT2D eigenvalue weighted by Crippen LogP contribution is 2.29. The second kappa shape index (κ2) is 7.53. The van der Waals surface area contributed by atoms with Crippen LogP contribution < -0.4 is 4.57 Å². The number of carboxylic acid groups (broad SMARTS) is 1. The first kappa shape index (κ1) is 17.6. The molecule has 0 saturated carbocycles. The largest absolute Gasteiger partial charge is 0.481 e. The van der Waals surface area contributed by atoms with Gasteiger partial charge < -0.3 is 5.11 Å². The molecule has 0 aromatic carbocycles. The highest BCUT2D eigenvalue weighted by Gasteiger charge is 2.32. The van der Waals surface area contributed by atoms with Gasteiger partial charge in [0.15, 0.2) is 18.9 Å². The van der Waals surface area contributed by atoms with Crippen LogP contribution in [0, 0.1) is 0 Å². The van der Waals surface area contributed by atoms with E-state index in [0.29, 0.717) is 23.9 Å². The van der Waals surface area contributed by atoms with Gasteiger partial charge in [0.05, 0.1) is 5.57 Å². The molecule has 0 atom stereocenters. The summed E-state index contributed by atoms with van der Waals surface area (Å²) < 4.78 is 39.9. The van der Waals surface area contributed by atoms with Gasteiger partial charge >= 0.3 is 12.1 Å². The zero-order chi connectivity index (χ0) is 16.8. The maximum atomic E-state index is 12.8. The third-order valence-electron chi connectivity index (χ3n) is 2.86. The number of allylic oxidation sites excluding steroid dienone is 3. The topological polar surface area (TPSA) is 53.5 Å². The molecular weight excluding hydrogens is 297 g/mol. The van der Waals surface area contributed by atoms with Crippen LogP contribution in [-0.2, 0) is 11.3 Å². The third-order valence-corrected chi connectivity index (χ3v) is 2.86. The molecule has 1 heterocycles. The molecule has 0 bridgehead atoms. The Balaban J connectivity index is 2.95. The number of aliphatic imine (C=N–C) groups is 1. The molecule has 0 aliphatic heterocycles. The van der Waals surface area contributed by atoms with Crippen LogP contribution in [0.1, 0.15) is 18.9 Å². The quantitative estimate of drug-likeness (QED) is 0.499. The lowest BCUT2D eigenvalue weighted by Crippen LogP contribution is -2.33. The van der Waals surface area contributed by atoms with Crippen LogP contribution in [0.4, 0.5) is 13.2 Å². The maximum absolute atomic E-state index is 12.8. The Morgan fingerprint density at radius 2 is 2.00 bits per heavy atom. The third kappa shape index (κ3) is 5.51. The van der Waals surface area contributed by atoms with Crippen molar-refractivity contribution in [3.63, 3.8) is 0 Å². The fourth-order valence-electron chi connectivity index (χ4n) is 1.70. The van der Waals surface area contributed by atoms with E-state index in [-0.39, 0.29) is 6.42 Å². The lowest BCUT2D eigenvalue weighted by atomic mass is 10.1. The molecule has 0 amide bonds. The Hall–Kier alpha value is -2.44. The van der Waals surface area contributed by atoms with Gasteiger partial charge in [-0.2, -0.15) is 13.2 Å². The summed E-state index contributed by atoms with van der Waals surface area (Å²) in [6, 6.07) is 3.26. The first-order chi connectivity index (χ1) is 10.2. The zero-order valence-corrected chi connectivity index (χ0v) is 12.0. The summed E-state index contributed by atoms with van der Waals surface area (Å²) >= 11 is 0. The van der Waals surface area contributed by atoms with Crippen LogP contribution in [0.5, 0.6) is 0 Å². The summed E-state index contributed by atoms with van der Waals surface area (Å²) in [5, 5.41) is 8.59. The van der Waals surface area contributed by atoms with Crippen molar-refractivity contribution in [2.24, 2.45) is 4.99 Å². The predicted molar refractivity (Wildman–Crippen MR) is 76.2 cm³/mol. The molecule has 1 N–H and O–H groups in total. The van der Waals surface area contributed by atoms with Crippen molar-refractivity contribution in [3.05, 3.63) is 47.9 Å². The Morgan fingerprint density at radius 3 is 2.45 bits per heavy atom. The van der Waals surface area contributed by atoms with Gasteiger partial charge in [-0.15, -0.1) is 0 Å². The fraction of sp³-hybridized carbons (Fsp3) is 0.267. The van der Waals surface area contributed by atoms with E-state index in [2.05, 4.69) is 11.7 Å². The molecular formula is C15H16F3N2O2+. The molecule has 1 aromatic heterocycles. The number of halogens is 3. The van der Waals surface area contributed by atoms with Crippen molar-refractivity contribution < 1.29 is 27.6 Å². The van der Waals surface area contributed by atoms with Crippen LogP contribution in [-0.4, -0.2) is 24.0 Å². The maximum Gasteiger partial charge on any atom is 0.417 e. The van der Waals surface area contributed by atoms with Crippen molar-refractivity contribution in [2.75, 3.05) is 0 Å². The van der Waals surface area contributed by atoms with E-state index >= 15 is 0 Å². The molecule has 0 unspecified atom stereocenters. The summed E-state index contributed by atoms with van der Waals surface area (Å²) in [5.41, 5.74) is 0.131. The minimum absolute atomic E-state index is 0.0230. The zero-order valence-electron chi connectivity index (χ0n) is 12.0. The Morgan fingerprint density at radius 1 is 1.41 bits per heavy atom. The Labute approximate surface area is 125 Å². The average Bonchev–Trinajstić information content (AvgIpc) is 2.44. The minimum Gasteiger partial charge on any atom is -0.481 e. The van der Waals surface area contributed by atoms with E-state index in [4.69, 9.17) is 5.11 Å². The normalized spacial score (nSPS) is 13.1. The number of alkyl halides is 3. The smallest absolute Gasteiger partial charge is 0.417 e. The summed E-state index contributed by atoms with van der Waals surface area (Å²) in [5.74, 6) is -0.912. The second-order valence-corrected chi connectivity index (χ2v) is 4.56. The van der Waals surface area contributed by atoms with Gasteiger partial charge in [0.2, 0.25) is 0 Å². The standard InChI is InChI=1S/C15H15F3N2O2/c1-11(9-13(10-19-2)15(16,17)18)12-3-6-20(7-4-12)8-5-14(21)22/h3-4,6-7,9-10H,2,5,8H2,1H3/p+1. The van der Waals surface area contributed by atoms with Gasteiger partial charge in [-0.3, -0.25) is 9.79 Å². The van der Waals surface area contributed by atoms with E-state index in [0.717, 1.165) is 6.08 Å².